The third kappa shape index (κ3) is 4.48. The van der Waals surface area contributed by atoms with Gasteiger partial charge in [0.05, 0.1) is 22.6 Å². The molecule has 2 aromatic carbocycles. The van der Waals surface area contributed by atoms with Gasteiger partial charge in [0.15, 0.2) is 0 Å². The highest BCUT2D eigenvalue weighted by Gasteiger charge is 2.28. The molecule has 0 aliphatic rings. The minimum absolute atomic E-state index is 0.135. The van der Waals surface area contributed by atoms with Crippen LogP contribution in [0.15, 0.2) is 78.0 Å². The zero-order valence-electron chi connectivity index (χ0n) is 19.3. The number of anilines is 2. The molecule has 2 aromatic heterocycles. The zero-order chi connectivity index (χ0) is 24.9. The molecular weight excluding hydrogens is 456 g/mol. The van der Waals surface area contributed by atoms with Gasteiger partial charge in [-0.05, 0) is 18.2 Å². The maximum absolute atomic E-state index is 13.6. The van der Waals surface area contributed by atoms with Crippen molar-refractivity contribution in [3.05, 3.63) is 101 Å². The second-order valence-electron chi connectivity index (χ2n) is 7.87. The molecule has 0 unspecified atom stereocenters. The number of nitrogens with zero attached hydrogens (tertiary/aromatic N) is 5. The van der Waals surface area contributed by atoms with E-state index in [0.717, 1.165) is 5.69 Å². The quantitative estimate of drug-likeness (QED) is 0.300. The molecule has 0 radical (unpaired) electrons. The van der Waals surface area contributed by atoms with Crippen molar-refractivity contribution in [2.24, 2.45) is 0 Å². The Labute approximate surface area is 208 Å². The van der Waals surface area contributed by atoms with Gasteiger partial charge < -0.3 is 15.2 Å². The summed E-state index contributed by atoms with van der Waals surface area (Å²) in [6.07, 6.45) is 1.65. The van der Waals surface area contributed by atoms with Crippen LogP contribution >= 0.6 is 11.8 Å². The fourth-order valence-electron chi connectivity index (χ4n) is 3.87. The summed E-state index contributed by atoms with van der Waals surface area (Å²) < 4.78 is 1.75. The monoisotopic (exact) mass is 478 g/mol. The van der Waals surface area contributed by atoms with Gasteiger partial charge in [0.25, 0.3) is 0 Å². The molecule has 0 fully saturated rings. The lowest BCUT2D eigenvalue weighted by Gasteiger charge is -2.16. The van der Waals surface area contributed by atoms with E-state index in [9.17, 15) is 15.3 Å². The lowest BCUT2D eigenvalue weighted by Crippen LogP contribution is -2.13. The predicted molar refractivity (Wildman–Crippen MR) is 138 cm³/mol. The van der Waals surface area contributed by atoms with Crippen LogP contribution in [0.4, 0.5) is 11.4 Å². The highest BCUT2D eigenvalue weighted by atomic mass is 32.2. The topological polar surface area (TPSA) is 112 Å². The van der Waals surface area contributed by atoms with Crippen molar-refractivity contribution in [1.82, 2.24) is 9.55 Å². The number of para-hydroxylation sites is 1. The number of rotatable bonds is 7. The van der Waals surface area contributed by atoms with Gasteiger partial charge in [-0.1, -0.05) is 60.3 Å². The molecule has 0 aliphatic heterocycles. The van der Waals surface area contributed by atoms with Gasteiger partial charge in [-0.3, -0.25) is 4.79 Å². The molecule has 0 saturated carbocycles. The second-order valence-corrected chi connectivity index (χ2v) is 8.83. The third-order valence-corrected chi connectivity index (χ3v) is 6.52. The molecule has 2 heterocycles. The number of carbonyl (C=O) groups is 1. The van der Waals surface area contributed by atoms with Gasteiger partial charge in [0.2, 0.25) is 5.78 Å². The van der Waals surface area contributed by atoms with Gasteiger partial charge in [0.1, 0.15) is 28.4 Å². The minimum Gasteiger partial charge on any atom is -0.396 e. The van der Waals surface area contributed by atoms with Crippen LogP contribution in [0.25, 0.3) is 5.69 Å². The van der Waals surface area contributed by atoms with Gasteiger partial charge in [-0.25, -0.2) is 4.98 Å². The van der Waals surface area contributed by atoms with Crippen molar-refractivity contribution in [3.63, 3.8) is 0 Å². The lowest BCUT2D eigenvalue weighted by atomic mass is 10.1. The number of pyridine rings is 1. The molecule has 2 N–H and O–H groups in total. The van der Waals surface area contributed by atoms with Crippen LogP contribution in [0, 0.1) is 22.7 Å². The Morgan fingerprint density at radius 2 is 1.63 bits per heavy atom. The van der Waals surface area contributed by atoms with E-state index in [-0.39, 0.29) is 28.5 Å². The van der Waals surface area contributed by atoms with Gasteiger partial charge in [0, 0.05) is 37.3 Å². The highest BCUT2D eigenvalue weighted by Crippen LogP contribution is 2.36. The maximum Gasteiger partial charge on any atom is 0.211 e. The van der Waals surface area contributed by atoms with Crippen molar-refractivity contribution in [2.45, 2.75) is 10.8 Å². The van der Waals surface area contributed by atoms with E-state index in [0.29, 0.717) is 27.5 Å². The van der Waals surface area contributed by atoms with E-state index in [4.69, 9.17) is 5.73 Å². The molecule has 0 spiro atoms. The molecule has 0 aliphatic carbocycles. The number of carbonyl (C=O) groups excluding carboxylic acids is 1. The number of nitriles is 2. The van der Waals surface area contributed by atoms with Crippen molar-refractivity contribution in [2.75, 3.05) is 24.7 Å². The molecule has 172 valence electrons. The van der Waals surface area contributed by atoms with E-state index >= 15 is 0 Å². The SMILES string of the molecule is CN(C)c1ccnc(SCc2c(C#N)c(N)c(C(=O)c3ccccc3)n2-c2ccccc2)c1C#N. The Morgan fingerprint density at radius 1 is 1.00 bits per heavy atom. The number of hydrogen-bond acceptors (Lipinski definition) is 7. The van der Waals surface area contributed by atoms with E-state index in [1.54, 1.807) is 41.1 Å². The van der Waals surface area contributed by atoms with Crippen LogP contribution in [-0.2, 0) is 5.75 Å². The average molecular weight is 479 g/mol. The fourth-order valence-corrected chi connectivity index (χ4v) is 4.85. The molecule has 0 bridgehead atoms. The van der Waals surface area contributed by atoms with Crippen molar-refractivity contribution >= 4 is 28.9 Å². The first-order chi connectivity index (χ1) is 17.0. The molecule has 4 aromatic rings. The minimum atomic E-state index is -0.273. The number of nitrogens with two attached hydrogens (primary N) is 1. The van der Waals surface area contributed by atoms with Crippen LogP contribution in [0.1, 0.15) is 32.9 Å². The van der Waals surface area contributed by atoms with Crippen LogP contribution in [0.3, 0.4) is 0 Å². The number of hydrogen-bond donors (Lipinski definition) is 1. The van der Waals surface area contributed by atoms with Crippen LogP contribution < -0.4 is 10.6 Å². The smallest absolute Gasteiger partial charge is 0.211 e. The number of benzene rings is 2. The van der Waals surface area contributed by atoms with Crippen molar-refractivity contribution in [3.8, 4) is 17.8 Å². The highest BCUT2D eigenvalue weighted by molar-refractivity contribution is 7.98. The van der Waals surface area contributed by atoms with E-state index in [2.05, 4.69) is 17.1 Å². The summed E-state index contributed by atoms with van der Waals surface area (Å²) in [5.74, 6) is 0.00736. The van der Waals surface area contributed by atoms with Crippen molar-refractivity contribution < 1.29 is 4.79 Å². The molecular formula is C27H22N6OS. The Balaban J connectivity index is 1.87. The maximum atomic E-state index is 13.6. The Morgan fingerprint density at radius 3 is 2.23 bits per heavy atom. The second kappa shape index (κ2) is 10.2. The van der Waals surface area contributed by atoms with Gasteiger partial charge >= 0.3 is 0 Å². The summed E-state index contributed by atoms with van der Waals surface area (Å²) in [6.45, 7) is 0. The fraction of sp³-hybridized carbons (Fsp3) is 0.111. The first-order valence-electron chi connectivity index (χ1n) is 10.8. The molecule has 0 atom stereocenters. The number of nitrogen functional groups attached to an aromatic ring is 1. The van der Waals surface area contributed by atoms with E-state index in [1.165, 1.54) is 11.8 Å². The zero-order valence-corrected chi connectivity index (χ0v) is 20.1. The normalized spacial score (nSPS) is 10.4. The van der Waals surface area contributed by atoms with Gasteiger partial charge in [-0.15, -0.1) is 0 Å². The van der Waals surface area contributed by atoms with Crippen molar-refractivity contribution in [1.29, 1.82) is 10.5 Å². The average Bonchev–Trinajstić information content (AvgIpc) is 3.18. The van der Waals surface area contributed by atoms with E-state index < -0.39 is 0 Å². The molecule has 0 amide bonds. The Bertz CT molecular complexity index is 1460. The molecule has 7 nitrogen and oxygen atoms in total. The number of ketones is 1. The van der Waals surface area contributed by atoms with E-state index in [1.807, 2.05) is 55.4 Å². The largest absolute Gasteiger partial charge is 0.396 e. The standard InChI is InChI=1S/C27H22N6OS/c1-32(2)22-13-14-31-27(21(22)16-29)35-17-23-20(15-28)24(30)25(26(34)18-9-5-3-6-10-18)33(23)19-11-7-4-8-12-19/h3-14H,17,30H2,1-2H3. The summed E-state index contributed by atoms with van der Waals surface area (Å²) in [6, 6.07) is 24.4. The Hall–Kier alpha value is -4.53. The van der Waals surface area contributed by atoms with Gasteiger partial charge in [-0.2, -0.15) is 10.5 Å². The van der Waals surface area contributed by atoms with Crippen LogP contribution in [-0.4, -0.2) is 29.4 Å². The molecule has 0 saturated heterocycles. The number of aromatic nitrogens is 2. The summed E-state index contributed by atoms with van der Waals surface area (Å²) in [7, 11) is 3.72. The summed E-state index contributed by atoms with van der Waals surface area (Å²) in [5, 5.41) is 20.3. The summed E-state index contributed by atoms with van der Waals surface area (Å²) in [4.78, 5) is 19.8. The lowest BCUT2D eigenvalue weighted by molar-refractivity contribution is 0.103. The predicted octanol–water partition coefficient (Wildman–Crippen LogP) is 4.79. The molecule has 8 heteroatoms. The first-order valence-corrected chi connectivity index (χ1v) is 11.7. The molecule has 35 heavy (non-hydrogen) atoms. The molecule has 4 rings (SSSR count). The Kier molecular flexibility index (Phi) is 6.86. The third-order valence-electron chi connectivity index (χ3n) is 5.52. The summed E-state index contributed by atoms with van der Waals surface area (Å²) in [5.41, 5.74) is 10.0. The van der Waals surface area contributed by atoms with Crippen LogP contribution in [0.5, 0.6) is 0 Å². The first kappa shape index (κ1) is 23.6. The summed E-state index contributed by atoms with van der Waals surface area (Å²) >= 11 is 1.33. The van der Waals surface area contributed by atoms with Crippen LogP contribution in [0.2, 0.25) is 0 Å². The number of thioether (sulfide) groups is 1.